The number of pyridine rings is 1. The lowest BCUT2D eigenvalue weighted by Gasteiger charge is -2.29. The molecule has 106 valence electrons. The van der Waals surface area contributed by atoms with E-state index in [0.29, 0.717) is 11.2 Å². The van der Waals surface area contributed by atoms with Gasteiger partial charge in [0.05, 0.1) is 0 Å². The number of halogens is 4. The molecule has 2 N–H and O–H groups in total. The van der Waals surface area contributed by atoms with Crippen molar-refractivity contribution in [2.24, 2.45) is 5.73 Å². The maximum absolute atomic E-state index is 5.85. The second-order valence-corrected chi connectivity index (χ2v) is 4.49. The predicted octanol–water partition coefficient (Wildman–Crippen LogP) is 2.92. The van der Waals surface area contributed by atoms with E-state index < -0.39 is 0 Å². The van der Waals surface area contributed by atoms with E-state index in [2.05, 4.69) is 9.88 Å². The van der Waals surface area contributed by atoms with Crippen LogP contribution in [0.4, 0.5) is 0 Å². The van der Waals surface area contributed by atoms with E-state index in [4.69, 9.17) is 17.3 Å². The molecule has 1 saturated heterocycles. The Labute approximate surface area is 132 Å². The van der Waals surface area contributed by atoms with E-state index in [1.165, 1.54) is 5.56 Å². The van der Waals surface area contributed by atoms with Crippen LogP contribution in [0.5, 0.6) is 0 Å². The number of piperidine rings is 1. The van der Waals surface area contributed by atoms with Gasteiger partial charge in [-0.1, -0.05) is 17.7 Å². The zero-order chi connectivity index (χ0) is 10.7. The molecule has 0 radical (unpaired) electrons. The van der Waals surface area contributed by atoms with Gasteiger partial charge in [0, 0.05) is 18.8 Å². The third-order valence-electron chi connectivity index (χ3n) is 2.83. The average Bonchev–Trinajstić information content (AvgIpc) is 2.25. The van der Waals surface area contributed by atoms with Gasteiger partial charge in [-0.15, -0.1) is 37.2 Å². The van der Waals surface area contributed by atoms with Gasteiger partial charge in [-0.2, -0.15) is 0 Å². The van der Waals surface area contributed by atoms with Crippen molar-refractivity contribution >= 4 is 48.8 Å². The highest BCUT2D eigenvalue weighted by Crippen LogP contribution is 2.13. The maximum atomic E-state index is 5.85. The normalized spacial score (nSPS) is 16.1. The smallest absolute Gasteiger partial charge is 0.129 e. The van der Waals surface area contributed by atoms with E-state index in [0.717, 1.165) is 32.5 Å². The molecule has 7 heteroatoms. The molecule has 1 aliphatic heterocycles. The predicted molar refractivity (Wildman–Crippen MR) is 83.5 cm³/mol. The largest absolute Gasteiger partial charge is 0.328 e. The van der Waals surface area contributed by atoms with Gasteiger partial charge in [0.2, 0.25) is 0 Å². The molecule has 0 amide bonds. The second kappa shape index (κ2) is 10.1. The average molecular weight is 335 g/mol. The Balaban J connectivity index is 0. The quantitative estimate of drug-likeness (QED) is 0.845. The third-order valence-corrected chi connectivity index (χ3v) is 3.05. The molecule has 3 nitrogen and oxygen atoms in total. The molecule has 18 heavy (non-hydrogen) atoms. The summed E-state index contributed by atoms with van der Waals surface area (Å²) in [5.74, 6) is 0. The van der Waals surface area contributed by atoms with Crippen LogP contribution in [-0.2, 0) is 6.54 Å². The molecule has 0 aliphatic carbocycles. The minimum atomic E-state index is 0. The Morgan fingerprint density at radius 2 is 1.83 bits per heavy atom. The number of nitrogens with two attached hydrogens (primary N) is 1. The van der Waals surface area contributed by atoms with Crippen molar-refractivity contribution in [3.8, 4) is 0 Å². The zero-order valence-electron chi connectivity index (χ0n) is 9.92. The first kappa shape index (κ1) is 20.5. The lowest BCUT2D eigenvalue weighted by molar-refractivity contribution is 0.205. The van der Waals surface area contributed by atoms with Crippen LogP contribution in [0.3, 0.4) is 0 Å². The van der Waals surface area contributed by atoms with Gasteiger partial charge in [0.1, 0.15) is 5.15 Å². The first-order valence-corrected chi connectivity index (χ1v) is 5.70. The summed E-state index contributed by atoms with van der Waals surface area (Å²) in [7, 11) is 0. The highest BCUT2D eigenvalue weighted by molar-refractivity contribution is 6.29. The summed E-state index contributed by atoms with van der Waals surface area (Å²) in [5.41, 5.74) is 7.07. The molecule has 0 atom stereocenters. The van der Waals surface area contributed by atoms with Gasteiger partial charge in [0.15, 0.2) is 0 Å². The van der Waals surface area contributed by atoms with Crippen molar-refractivity contribution in [3.05, 3.63) is 29.0 Å². The number of nitrogens with zero attached hydrogens (tertiary/aromatic N) is 2. The molecular formula is C11H19Cl4N3. The summed E-state index contributed by atoms with van der Waals surface area (Å²) in [6.07, 6.45) is 4.04. The second-order valence-electron chi connectivity index (χ2n) is 4.10. The summed E-state index contributed by atoms with van der Waals surface area (Å²) in [6, 6.07) is 4.26. The van der Waals surface area contributed by atoms with Gasteiger partial charge < -0.3 is 5.73 Å². The fourth-order valence-corrected chi connectivity index (χ4v) is 1.98. The molecule has 0 aromatic carbocycles. The number of rotatable bonds is 2. The van der Waals surface area contributed by atoms with Gasteiger partial charge in [-0.05, 0) is 37.6 Å². The molecule has 0 bridgehead atoms. The molecule has 0 spiro atoms. The number of hydrogen-bond acceptors (Lipinski definition) is 3. The highest BCUT2D eigenvalue weighted by Gasteiger charge is 2.15. The lowest BCUT2D eigenvalue weighted by atomic mass is 10.1. The van der Waals surface area contributed by atoms with Crippen LogP contribution in [0.15, 0.2) is 18.3 Å². The summed E-state index contributed by atoms with van der Waals surface area (Å²) in [4.78, 5) is 6.48. The van der Waals surface area contributed by atoms with Crippen molar-refractivity contribution in [2.45, 2.75) is 25.4 Å². The van der Waals surface area contributed by atoms with Crippen LogP contribution in [0, 0.1) is 0 Å². The van der Waals surface area contributed by atoms with Gasteiger partial charge in [-0.25, -0.2) is 4.98 Å². The molecule has 2 rings (SSSR count). The Morgan fingerprint density at radius 3 is 2.33 bits per heavy atom. The Bertz CT molecular complexity index is 313. The van der Waals surface area contributed by atoms with E-state index in [-0.39, 0.29) is 37.2 Å². The molecule has 0 unspecified atom stereocenters. The molecule has 2 heterocycles. The van der Waals surface area contributed by atoms with Gasteiger partial charge >= 0.3 is 0 Å². The fourth-order valence-electron chi connectivity index (χ4n) is 1.87. The van der Waals surface area contributed by atoms with Crippen molar-refractivity contribution in [1.29, 1.82) is 0 Å². The molecule has 1 aromatic rings. The minimum Gasteiger partial charge on any atom is -0.328 e. The third kappa shape index (κ3) is 6.41. The summed E-state index contributed by atoms with van der Waals surface area (Å²) < 4.78 is 0. The van der Waals surface area contributed by atoms with Gasteiger partial charge in [-0.3, -0.25) is 4.90 Å². The SMILES string of the molecule is Cl.Cl.Cl.NC1CCN(Cc2ccc(Cl)nc2)CC1. The van der Waals surface area contributed by atoms with E-state index in [1.807, 2.05) is 18.3 Å². The van der Waals surface area contributed by atoms with Crippen LogP contribution in [-0.4, -0.2) is 29.0 Å². The fraction of sp³-hybridized carbons (Fsp3) is 0.545. The van der Waals surface area contributed by atoms with E-state index in [1.54, 1.807) is 0 Å². The van der Waals surface area contributed by atoms with Crippen molar-refractivity contribution in [1.82, 2.24) is 9.88 Å². The first-order chi connectivity index (χ1) is 7.24. The van der Waals surface area contributed by atoms with Crippen LogP contribution >= 0.6 is 48.8 Å². The van der Waals surface area contributed by atoms with E-state index in [9.17, 15) is 0 Å². The maximum Gasteiger partial charge on any atom is 0.129 e. The molecule has 1 fully saturated rings. The lowest BCUT2D eigenvalue weighted by Crippen LogP contribution is -2.39. The summed E-state index contributed by atoms with van der Waals surface area (Å²) >= 11 is 5.73. The number of likely N-dealkylation sites (tertiary alicyclic amines) is 1. The Kier molecular flexibility index (Phi) is 11.5. The zero-order valence-corrected chi connectivity index (χ0v) is 13.1. The standard InChI is InChI=1S/C11H16ClN3.3ClH/c12-11-2-1-9(7-14-11)8-15-5-3-10(13)4-6-15;;;/h1-2,7,10H,3-6,8,13H2;3*1H. The molecule has 1 aromatic heterocycles. The van der Waals surface area contributed by atoms with Gasteiger partial charge in [0.25, 0.3) is 0 Å². The van der Waals surface area contributed by atoms with Crippen LogP contribution < -0.4 is 5.73 Å². The van der Waals surface area contributed by atoms with E-state index >= 15 is 0 Å². The molecular weight excluding hydrogens is 316 g/mol. The van der Waals surface area contributed by atoms with Crippen LogP contribution in [0.1, 0.15) is 18.4 Å². The van der Waals surface area contributed by atoms with Crippen LogP contribution in [0.2, 0.25) is 5.15 Å². The molecule has 0 saturated carbocycles. The van der Waals surface area contributed by atoms with Crippen molar-refractivity contribution in [3.63, 3.8) is 0 Å². The monoisotopic (exact) mass is 333 g/mol. The Morgan fingerprint density at radius 1 is 1.22 bits per heavy atom. The van der Waals surface area contributed by atoms with Crippen LogP contribution in [0.25, 0.3) is 0 Å². The molecule has 1 aliphatic rings. The topological polar surface area (TPSA) is 42.1 Å². The minimum absolute atomic E-state index is 0. The number of aromatic nitrogens is 1. The van der Waals surface area contributed by atoms with Crippen molar-refractivity contribution in [2.75, 3.05) is 13.1 Å². The number of hydrogen-bond donors (Lipinski definition) is 1. The highest BCUT2D eigenvalue weighted by atomic mass is 35.5. The van der Waals surface area contributed by atoms with Crippen molar-refractivity contribution < 1.29 is 0 Å². The summed E-state index contributed by atoms with van der Waals surface area (Å²) in [5, 5.41) is 0.555. The Hall–Kier alpha value is 0.230. The first-order valence-electron chi connectivity index (χ1n) is 5.32. The summed E-state index contributed by atoms with van der Waals surface area (Å²) in [6.45, 7) is 3.13.